The van der Waals surface area contributed by atoms with Crippen LogP contribution in [0.3, 0.4) is 0 Å². The van der Waals surface area contributed by atoms with Crippen molar-refractivity contribution in [2.24, 2.45) is 5.73 Å². The van der Waals surface area contributed by atoms with Gasteiger partial charge in [0.05, 0.1) is 6.17 Å². The molecule has 0 aromatic carbocycles. The summed E-state index contributed by atoms with van der Waals surface area (Å²) in [6.45, 7) is 0.920. The lowest BCUT2D eigenvalue weighted by molar-refractivity contribution is 0.201. The number of hydrogen-bond acceptors (Lipinski definition) is 3. The lowest BCUT2D eigenvalue weighted by Crippen LogP contribution is -2.48. The second kappa shape index (κ2) is 5.77. The highest BCUT2D eigenvalue weighted by atomic mass is 16.2. The molecule has 1 unspecified atom stereocenters. The molecular weight excluding hydrogens is 168 g/mol. The van der Waals surface area contributed by atoms with Gasteiger partial charge in [-0.1, -0.05) is 0 Å². The number of nitrogens with one attached hydrogen (secondary N) is 1. The van der Waals surface area contributed by atoms with Gasteiger partial charge in [-0.15, -0.1) is 0 Å². The van der Waals surface area contributed by atoms with Crippen LogP contribution in [0.5, 0.6) is 0 Å². The number of carbonyl (C=O) groups is 1. The first-order valence-corrected chi connectivity index (χ1v) is 4.30. The van der Waals surface area contributed by atoms with E-state index in [1.165, 1.54) is 0 Å². The van der Waals surface area contributed by atoms with Gasteiger partial charge in [-0.3, -0.25) is 4.90 Å². The Kier molecular flexibility index (Phi) is 5.41. The van der Waals surface area contributed by atoms with E-state index in [2.05, 4.69) is 10.2 Å². The average Bonchev–Trinajstić information content (AvgIpc) is 1.96. The van der Waals surface area contributed by atoms with E-state index in [4.69, 9.17) is 5.73 Å². The molecule has 0 aromatic heterocycles. The molecule has 0 saturated carbocycles. The lowest BCUT2D eigenvalue weighted by atomic mass is 10.3. The van der Waals surface area contributed by atoms with E-state index >= 15 is 0 Å². The van der Waals surface area contributed by atoms with Crippen LogP contribution in [0, 0.1) is 0 Å². The van der Waals surface area contributed by atoms with Crippen LogP contribution in [0.4, 0.5) is 4.79 Å². The molecule has 0 rings (SSSR count). The number of carbonyl (C=O) groups excluding carboxylic acids is 1. The van der Waals surface area contributed by atoms with Gasteiger partial charge in [0.15, 0.2) is 0 Å². The summed E-state index contributed by atoms with van der Waals surface area (Å²) in [6.07, 6.45) is 0.878. The molecule has 0 aliphatic carbocycles. The molecule has 5 nitrogen and oxygen atoms in total. The molecule has 0 spiro atoms. The molecule has 3 N–H and O–H groups in total. The highest BCUT2D eigenvalue weighted by Gasteiger charge is 2.12. The van der Waals surface area contributed by atoms with Crippen molar-refractivity contribution in [3.63, 3.8) is 0 Å². The summed E-state index contributed by atoms with van der Waals surface area (Å²) in [6, 6.07) is -0.475. The molecule has 0 aromatic rings. The molecule has 2 amide bonds. The van der Waals surface area contributed by atoms with E-state index in [-0.39, 0.29) is 6.17 Å². The SMILES string of the molecule is CN(C)CCC(NC(N)=O)N(C)C. The summed E-state index contributed by atoms with van der Waals surface area (Å²) in [5.41, 5.74) is 5.05. The third kappa shape index (κ3) is 6.36. The fourth-order valence-corrected chi connectivity index (χ4v) is 1.00. The van der Waals surface area contributed by atoms with E-state index in [0.29, 0.717) is 0 Å². The van der Waals surface area contributed by atoms with Crippen molar-refractivity contribution in [2.45, 2.75) is 12.6 Å². The zero-order valence-electron chi connectivity index (χ0n) is 8.87. The summed E-state index contributed by atoms with van der Waals surface area (Å²) in [5, 5.41) is 2.67. The van der Waals surface area contributed by atoms with Crippen LogP contribution in [0.2, 0.25) is 0 Å². The molecule has 0 fully saturated rings. The summed E-state index contributed by atoms with van der Waals surface area (Å²) < 4.78 is 0. The third-order valence-electron chi connectivity index (χ3n) is 1.78. The van der Waals surface area contributed by atoms with Crippen molar-refractivity contribution in [1.82, 2.24) is 15.1 Å². The third-order valence-corrected chi connectivity index (χ3v) is 1.78. The second-order valence-electron chi connectivity index (χ2n) is 3.58. The largest absolute Gasteiger partial charge is 0.352 e. The highest BCUT2D eigenvalue weighted by Crippen LogP contribution is 1.96. The van der Waals surface area contributed by atoms with Gasteiger partial charge in [0.2, 0.25) is 0 Å². The summed E-state index contributed by atoms with van der Waals surface area (Å²) in [7, 11) is 7.82. The molecule has 5 heteroatoms. The number of nitrogens with two attached hydrogens (primary N) is 1. The zero-order chi connectivity index (χ0) is 10.4. The van der Waals surface area contributed by atoms with Crippen LogP contribution >= 0.6 is 0 Å². The van der Waals surface area contributed by atoms with Crippen molar-refractivity contribution in [2.75, 3.05) is 34.7 Å². The Hall–Kier alpha value is -0.810. The molecule has 0 radical (unpaired) electrons. The van der Waals surface area contributed by atoms with E-state index in [9.17, 15) is 4.79 Å². The fourth-order valence-electron chi connectivity index (χ4n) is 1.00. The average molecular weight is 188 g/mol. The number of nitrogens with zero attached hydrogens (tertiary/aromatic N) is 2. The lowest BCUT2D eigenvalue weighted by Gasteiger charge is -2.25. The minimum Gasteiger partial charge on any atom is -0.352 e. The molecule has 0 heterocycles. The molecule has 13 heavy (non-hydrogen) atoms. The maximum Gasteiger partial charge on any atom is 0.313 e. The van der Waals surface area contributed by atoms with Gasteiger partial charge in [0.1, 0.15) is 0 Å². The topological polar surface area (TPSA) is 61.6 Å². The first-order chi connectivity index (χ1) is 5.93. The van der Waals surface area contributed by atoms with Crippen molar-refractivity contribution < 1.29 is 4.79 Å². The molecule has 0 aliphatic rings. The molecule has 0 saturated heterocycles. The number of urea groups is 1. The van der Waals surface area contributed by atoms with E-state index in [1.54, 1.807) is 0 Å². The summed E-state index contributed by atoms with van der Waals surface area (Å²) in [4.78, 5) is 14.6. The predicted molar refractivity (Wildman–Crippen MR) is 53.4 cm³/mol. The van der Waals surface area contributed by atoms with Gasteiger partial charge in [0.25, 0.3) is 0 Å². The smallest absolute Gasteiger partial charge is 0.313 e. The van der Waals surface area contributed by atoms with Crippen LogP contribution in [0.15, 0.2) is 0 Å². The van der Waals surface area contributed by atoms with Crippen LogP contribution in [-0.4, -0.2) is 56.7 Å². The second-order valence-corrected chi connectivity index (χ2v) is 3.58. The quantitative estimate of drug-likeness (QED) is 0.571. The van der Waals surface area contributed by atoms with Crippen molar-refractivity contribution in [1.29, 1.82) is 0 Å². The monoisotopic (exact) mass is 188 g/mol. The number of primary amides is 1. The van der Waals surface area contributed by atoms with Crippen molar-refractivity contribution in [3.8, 4) is 0 Å². The first-order valence-electron chi connectivity index (χ1n) is 4.30. The predicted octanol–water partition coefficient (Wildman–Crippen LogP) is -0.506. The maximum atomic E-state index is 10.6. The zero-order valence-corrected chi connectivity index (χ0v) is 8.87. The van der Waals surface area contributed by atoms with Gasteiger partial charge in [-0.05, 0) is 34.6 Å². The molecule has 78 valence electrons. The van der Waals surface area contributed by atoms with Gasteiger partial charge in [-0.25, -0.2) is 4.79 Å². The minimum atomic E-state index is -0.475. The standard InChI is InChI=1S/C8H20N4O/c1-11(2)6-5-7(12(3)4)10-8(9)13/h7H,5-6H2,1-4H3,(H3,9,10,13). The fraction of sp³-hybridized carbons (Fsp3) is 0.875. The van der Waals surface area contributed by atoms with Crippen molar-refractivity contribution >= 4 is 6.03 Å². The Morgan fingerprint density at radius 1 is 1.38 bits per heavy atom. The Bertz CT molecular complexity index is 158. The molecular formula is C8H20N4O. The van der Waals surface area contributed by atoms with Gasteiger partial charge in [0, 0.05) is 6.54 Å². The maximum absolute atomic E-state index is 10.6. The van der Waals surface area contributed by atoms with Crippen LogP contribution in [0.25, 0.3) is 0 Å². The molecule has 0 aliphatic heterocycles. The normalized spacial score (nSPS) is 13.4. The van der Waals surface area contributed by atoms with E-state index in [1.807, 2.05) is 33.1 Å². The number of hydrogen-bond donors (Lipinski definition) is 2. The van der Waals surface area contributed by atoms with Gasteiger partial charge in [-0.2, -0.15) is 0 Å². The van der Waals surface area contributed by atoms with Gasteiger partial charge >= 0.3 is 6.03 Å². The Balaban J connectivity index is 3.88. The highest BCUT2D eigenvalue weighted by molar-refractivity contribution is 5.71. The van der Waals surface area contributed by atoms with Crippen LogP contribution < -0.4 is 11.1 Å². The van der Waals surface area contributed by atoms with Crippen LogP contribution in [0.1, 0.15) is 6.42 Å². The van der Waals surface area contributed by atoms with Crippen LogP contribution in [-0.2, 0) is 0 Å². The summed E-state index contributed by atoms with van der Waals surface area (Å²) >= 11 is 0. The Labute approximate surface area is 79.9 Å². The molecule has 0 bridgehead atoms. The Morgan fingerprint density at radius 2 is 1.92 bits per heavy atom. The van der Waals surface area contributed by atoms with Crippen molar-refractivity contribution in [3.05, 3.63) is 0 Å². The minimum absolute atomic E-state index is 0.0138. The van der Waals surface area contributed by atoms with E-state index < -0.39 is 6.03 Å². The molecule has 1 atom stereocenters. The summed E-state index contributed by atoms with van der Waals surface area (Å²) in [5.74, 6) is 0. The van der Waals surface area contributed by atoms with E-state index in [0.717, 1.165) is 13.0 Å². The van der Waals surface area contributed by atoms with Gasteiger partial charge < -0.3 is 16.0 Å². The Morgan fingerprint density at radius 3 is 2.23 bits per heavy atom. The first kappa shape index (κ1) is 12.2. The number of amides is 2. The number of rotatable bonds is 5.